The van der Waals surface area contributed by atoms with Crippen LogP contribution in [0, 0.1) is 5.92 Å². The van der Waals surface area contributed by atoms with Crippen LogP contribution in [-0.4, -0.2) is 28.9 Å². The Bertz CT molecular complexity index is 469. The summed E-state index contributed by atoms with van der Waals surface area (Å²) in [6.07, 6.45) is 5.14. The Morgan fingerprint density at radius 1 is 1.50 bits per heavy atom. The van der Waals surface area contributed by atoms with Crippen molar-refractivity contribution in [3.63, 3.8) is 0 Å². The number of halogens is 1. The van der Waals surface area contributed by atoms with E-state index in [1.54, 1.807) is 11.3 Å². The predicted octanol–water partition coefficient (Wildman–Crippen LogP) is 3.19. The van der Waals surface area contributed by atoms with Gasteiger partial charge in [-0.05, 0) is 31.6 Å². The molecular formula is C14H23IN4S. The number of piperidine rings is 1. The molecular weight excluding hydrogens is 383 g/mol. The molecule has 112 valence electrons. The SMILES string of the molecule is CC1CCCN(C(N)=NCc2nc(C3CC3)cs2)C1.I. The summed E-state index contributed by atoms with van der Waals surface area (Å²) in [6.45, 7) is 5.00. The largest absolute Gasteiger partial charge is 0.370 e. The smallest absolute Gasteiger partial charge is 0.191 e. The van der Waals surface area contributed by atoms with E-state index in [0.29, 0.717) is 12.5 Å². The van der Waals surface area contributed by atoms with Crippen LogP contribution in [0.2, 0.25) is 0 Å². The molecule has 1 saturated carbocycles. The quantitative estimate of drug-likeness (QED) is 0.477. The molecule has 2 aliphatic rings. The van der Waals surface area contributed by atoms with E-state index in [-0.39, 0.29) is 24.0 Å². The maximum absolute atomic E-state index is 6.09. The number of nitrogens with zero attached hydrogens (tertiary/aromatic N) is 3. The summed E-state index contributed by atoms with van der Waals surface area (Å²) in [5, 5.41) is 3.27. The number of nitrogens with two attached hydrogens (primary N) is 1. The summed E-state index contributed by atoms with van der Waals surface area (Å²) in [7, 11) is 0. The molecule has 1 aliphatic carbocycles. The lowest BCUT2D eigenvalue weighted by molar-refractivity contribution is 0.270. The van der Waals surface area contributed by atoms with Crippen LogP contribution in [0.4, 0.5) is 0 Å². The Morgan fingerprint density at radius 3 is 3.00 bits per heavy atom. The van der Waals surface area contributed by atoms with Gasteiger partial charge in [0.1, 0.15) is 5.01 Å². The molecule has 2 fully saturated rings. The molecule has 4 nitrogen and oxygen atoms in total. The standard InChI is InChI=1S/C14H22N4S.HI/c1-10-3-2-6-18(8-10)14(15)16-7-13-17-12(9-19-13)11-4-5-11;/h9-11H,2-8H2,1H3,(H2,15,16);1H. The van der Waals surface area contributed by atoms with Gasteiger partial charge >= 0.3 is 0 Å². The van der Waals surface area contributed by atoms with Crippen molar-refractivity contribution in [2.24, 2.45) is 16.6 Å². The van der Waals surface area contributed by atoms with E-state index < -0.39 is 0 Å². The second-order valence-corrected chi connectivity index (χ2v) is 6.75. The van der Waals surface area contributed by atoms with Crippen molar-refractivity contribution < 1.29 is 0 Å². The third-order valence-electron chi connectivity index (χ3n) is 3.92. The lowest BCUT2D eigenvalue weighted by Crippen LogP contribution is -2.43. The van der Waals surface area contributed by atoms with Gasteiger partial charge in [-0.15, -0.1) is 35.3 Å². The van der Waals surface area contributed by atoms with Crippen molar-refractivity contribution in [1.29, 1.82) is 0 Å². The first kappa shape index (κ1) is 16.0. The van der Waals surface area contributed by atoms with Crippen molar-refractivity contribution in [3.8, 4) is 0 Å². The van der Waals surface area contributed by atoms with Crippen LogP contribution in [0.1, 0.15) is 49.2 Å². The molecule has 0 radical (unpaired) electrons. The van der Waals surface area contributed by atoms with Crippen molar-refractivity contribution in [3.05, 3.63) is 16.1 Å². The number of aromatic nitrogens is 1. The summed E-state index contributed by atoms with van der Waals surface area (Å²) in [5.74, 6) is 2.15. The highest BCUT2D eigenvalue weighted by atomic mass is 127. The molecule has 1 atom stereocenters. The first-order valence-electron chi connectivity index (χ1n) is 7.21. The van der Waals surface area contributed by atoms with Crippen molar-refractivity contribution in [1.82, 2.24) is 9.88 Å². The molecule has 0 aromatic carbocycles. The van der Waals surface area contributed by atoms with Crippen LogP contribution >= 0.6 is 35.3 Å². The van der Waals surface area contributed by atoms with E-state index in [4.69, 9.17) is 5.73 Å². The van der Waals surface area contributed by atoms with Crippen LogP contribution in [-0.2, 0) is 6.54 Å². The van der Waals surface area contributed by atoms with Crippen molar-refractivity contribution in [2.75, 3.05) is 13.1 Å². The molecule has 6 heteroatoms. The lowest BCUT2D eigenvalue weighted by atomic mass is 10.0. The Morgan fingerprint density at radius 2 is 2.30 bits per heavy atom. The first-order chi connectivity index (χ1) is 9.22. The van der Waals surface area contributed by atoms with E-state index in [9.17, 15) is 0 Å². The Kier molecular flexibility index (Phi) is 5.65. The molecule has 0 amide bonds. The zero-order valence-corrected chi connectivity index (χ0v) is 15.1. The molecule has 3 rings (SSSR count). The fourth-order valence-corrected chi connectivity index (χ4v) is 3.41. The Balaban J connectivity index is 0.00000147. The van der Waals surface area contributed by atoms with Gasteiger partial charge in [-0.3, -0.25) is 0 Å². The van der Waals surface area contributed by atoms with Gasteiger partial charge in [0.2, 0.25) is 0 Å². The highest BCUT2D eigenvalue weighted by Crippen LogP contribution is 2.40. The van der Waals surface area contributed by atoms with E-state index >= 15 is 0 Å². The fraction of sp³-hybridized carbons (Fsp3) is 0.714. The molecule has 1 aromatic rings. The monoisotopic (exact) mass is 406 g/mol. The molecule has 1 aromatic heterocycles. The summed E-state index contributed by atoms with van der Waals surface area (Å²) in [5.41, 5.74) is 7.35. The zero-order chi connectivity index (χ0) is 13.2. The molecule has 0 bridgehead atoms. The summed E-state index contributed by atoms with van der Waals surface area (Å²) >= 11 is 1.71. The molecule has 1 unspecified atom stereocenters. The fourth-order valence-electron chi connectivity index (χ4n) is 2.61. The molecule has 2 N–H and O–H groups in total. The van der Waals surface area contributed by atoms with Gasteiger partial charge in [-0.2, -0.15) is 0 Å². The van der Waals surface area contributed by atoms with E-state index in [1.807, 2.05) is 0 Å². The van der Waals surface area contributed by atoms with Gasteiger partial charge in [0.15, 0.2) is 5.96 Å². The van der Waals surface area contributed by atoms with Crippen LogP contribution < -0.4 is 5.73 Å². The van der Waals surface area contributed by atoms with Gasteiger partial charge in [-0.1, -0.05) is 6.92 Å². The lowest BCUT2D eigenvalue weighted by Gasteiger charge is -2.31. The number of thiazole rings is 1. The number of guanidine groups is 1. The minimum absolute atomic E-state index is 0. The Labute approximate surface area is 141 Å². The number of aliphatic imine (C=N–C) groups is 1. The summed E-state index contributed by atoms with van der Waals surface area (Å²) < 4.78 is 0. The third kappa shape index (κ3) is 4.07. The van der Waals surface area contributed by atoms with E-state index in [0.717, 1.165) is 29.9 Å². The minimum atomic E-state index is 0. The van der Waals surface area contributed by atoms with Gasteiger partial charge < -0.3 is 10.6 Å². The summed E-state index contributed by atoms with van der Waals surface area (Å²) in [4.78, 5) is 11.4. The molecule has 1 saturated heterocycles. The van der Waals surface area contributed by atoms with Crippen LogP contribution in [0.5, 0.6) is 0 Å². The zero-order valence-electron chi connectivity index (χ0n) is 11.9. The van der Waals surface area contributed by atoms with Gasteiger partial charge in [0, 0.05) is 24.4 Å². The molecule has 1 aliphatic heterocycles. The van der Waals surface area contributed by atoms with Gasteiger partial charge in [0.05, 0.1) is 12.2 Å². The first-order valence-corrected chi connectivity index (χ1v) is 8.09. The average Bonchev–Trinajstić information content (AvgIpc) is 3.15. The number of hydrogen-bond donors (Lipinski definition) is 1. The topological polar surface area (TPSA) is 54.5 Å². The number of likely N-dealkylation sites (tertiary alicyclic amines) is 1. The minimum Gasteiger partial charge on any atom is -0.370 e. The van der Waals surface area contributed by atoms with Crippen LogP contribution in [0.3, 0.4) is 0 Å². The Hall–Kier alpha value is -0.370. The summed E-state index contributed by atoms with van der Waals surface area (Å²) in [6, 6.07) is 0. The highest BCUT2D eigenvalue weighted by Gasteiger charge is 2.26. The average molecular weight is 406 g/mol. The normalized spacial score (nSPS) is 23.6. The van der Waals surface area contributed by atoms with E-state index in [2.05, 4.69) is 27.2 Å². The maximum atomic E-state index is 6.09. The van der Waals surface area contributed by atoms with Gasteiger partial charge in [0.25, 0.3) is 0 Å². The van der Waals surface area contributed by atoms with Crippen molar-refractivity contribution >= 4 is 41.3 Å². The molecule has 0 spiro atoms. The van der Waals surface area contributed by atoms with Gasteiger partial charge in [-0.25, -0.2) is 9.98 Å². The second-order valence-electron chi connectivity index (χ2n) is 5.81. The second kappa shape index (κ2) is 7.06. The van der Waals surface area contributed by atoms with Crippen molar-refractivity contribution in [2.45, 2.75) is 45.1 Å². The number of rotatable bonds is 3. The number of hydrogen-bond acceptors (Lipinski definition) is 3. The highest BCUT2D eigenvalue weighted by molar-refractivity contribution is 14.0. The van der Waals surface area contributed by atoms with E-state index in [1.165, 1.54) is 31.4 Å². The maximum Gasteiger partial charge on any atom is 0.191 e. The molecule has 20 heavy (non-hydrogen) atoms. The third-order valence-corrected chi connectivity index (χ3v) is 4.77. The van der Waals surface area contributed by atoms with Crippen LogP contribution in [0.15, 0.2) is 10.4 Å². The molecule has 2 heterocycles. The predicted molar refractivity (Wildman–Crippen MR) is 94.8 cm³/mol. The van der Waals surface area contributed by atoms with Crippen LogP contribution in [0.25, 0.3) is 0 Å².